The van der Waals surface area contributed by atoms with Crippen molar-refractivity contribution in [3.63, 3.8) is 0 Å². The lowest BCUT2D eigenvalue weighted by atomic mass is 10.00. The number of alkyl carbamates (subject to hydrolysis) is 1. The zero-order valence-corrected chi connectivity index (χ0v) is 22.1. The average molecular weight is 531 g/mol. The fourth-order valence-electron chi connectivity index (χ4n) is 3.51. The Balaban J connectivity index is 2.53. The van der Waals surface area contributed by atoms with Gasteiger partial charge in [0.05, 0.1) is 23.4 Å². The first-order valence-corrected chi connectivity index (χ1v) is 11.8. The maximum atomic E-state index is 13.6. The third kappa shape index (κ3) is 7.84. The number of benzene rings is 2. The molecule has 0 aliphatic rings. The summed E-state index contributed by atoms with van der Waals surface area (Å²) in [7, 11) is 0. The van der Waals surface area contributed by atoms with Crippen LogP contribution in [0.3, 0.4) is 0 Å². The standard InChI is InChI=1S/C26H31ClN4O6/c1-15-7-6-8-18(27)21(15)30-23(34)22(17-9-10-20(33)16(2)13-17)31(12-11-28)24(35)19(14-32)29-25(36)37-26(3,4)5/h6-10,13,19,22,32-33H,12,14H2,1-5H3,(H,29,36)(H,30,34). The number of carbonyl (C=O) groups excluding carboxylic acids is 3. The molecular formula is C26H31ClN4O6. The first kappa shape index (κ1) is 29.4. The van der Waals surface area contributed by atoms with Crippen LogP contribution in [0.1, 0.15) is 43.5 Å². The number of aryl methyl sites for hydroxylation is 2. The van der Waals surface area contributed by atoms with Gasteiger partial charge in [-0.25, -0.2) is 4.79 Å². The molecule has 0 bridgehead atoms. The van der Waals surface area contributed by atoms with Crippen molar-refractivity contribution < 1.29 is 29.3 Å². The summed E-state index contributed by atoms with van der Waals surface area (Å²) in [5.74, 6) is -1.61. The third-order valence-corrected chi connectivity index (χ3v) is 5.58. The molecule has 0 aliphatic heterocycles. The Morgan fingerprint density at radius 3 is 2.38 bits per heavy atom. The molecule has 11 heteroatoms. The lowest BCUT2D eigenvalue weighted by molar-refractivity contribution is -0.140. The number of amides is 3. The van der Waals surface area contributed by atoms with Gasteiger partial charge in [0, 0.05) is 0 Å². The summed E-state index contributed by atoms with van der Waals surface area (Å²) in [5, 5.41) is 34.7. The Kier molecular flexibility index (Phi) is 9.88. The third-order valence-electron chi connectivity index (χ3n) is 5.26. The van der Waals surface area contributed by atoms with Crippen molar-refractivity contribution in [1.82, 2.24) is 10.2 Å². The second-order valence-electron chi connectivity index (χ2n) is 9.38. The van der Waals surface area contributed by atoms with Crippen LogP contribution in [-0.2, 0) is 14.3 Å². The highest BCUT2D eigenvalue weighted by Gasteiger charge is 2.36. The predicted octanol–water partition coefficient (Wildman–Crippen LogP) is 3.58. The smallest absolute Gasteiger partial charge is 0.408 e. The molecule has 0 spiro atoms. The summed E-state index contributed by atoms with van der Waals surface area (Å²) in [5.41, 5.74) is 0.844. The van der Waals surface area contributed by atoms with E-state index in [4.69, 9.17) is 16.3 Å². The first-order valence-electron chi connectivity index (χ1n) is 11.4. The maximum absolute atomic E-state index is 13.6. The molecule has 2 atom stereocenters. The normalized spacial score (nSPS) is 12.6. The van der Waals surface area contributed by atoms with Gasteiger partial charge in [0.1, 0.15) is 30.0 Å². The summed E-state index contributed by atoms with van der Waals surface area (Å²) in [6, 6.07) is 8.35. The SMILES string of the molecule is Cc1cc(C(C(=O)Nc2c(C)cccc2Cl)N(CC#N)C(=O)C(CO)NC(=O)OC(C)(C)C)ccc1O. The molecular weight excluding hydrogens is 500 g/mol. The van der Waals surface area contributed by atoms with Crippen molar-refractivity contribution in [2.24, 2.45) is 0 Å². The number of nitrogens with one attached hydrogen (secondary N) is 2. The Morgan fingerprint density at radius 2 is 1.84 bits per heavy atom. The van der Waals surface area contributed by atoms with Crippen molar-refractivity contribution >= 4 is 35.2 Å². The molecule has 2 unspecified atom stereocenters. The lowest BCUT2D eigenvalue weighted by Gasteiger charge is -2.32. The van der Waals surface area contributed by atoms with Gasteiger partial charge in [-0.15, -0.1) is 0 Å². The van der Waals surface area contributed by atoms with Gasteiger partial charge in [0.15, 0.2) is 0 Å². The minimum absolute atomic E-state index is 0.0251. The van der Waals surface area contributed by atoms with Gasteiger partial charge in [-0.1, -0.05) is 29.8 Å². The molecule has 2 rings (SSSR count). The molecule has 2 aromatic rings. The van der Waals surface area contributed by atoms with Crippen molar-refractivity contribution in [2.45, 2.75) is 52.3 Å². The highest BCUT2D eigenvalue weighted by Crippen LogP contribution is 2.31. The Morgan fingerprint density at radius 1 is 1.16 bits per heavy atom. The molecule has 0 aromatic heterocycles. The predicted molar refractivity (Wildman–Crippen MR) is 138 cm³/mol. The van der Waals surface area contributed by atoms with E-state index in [1.165, 1.54) is 18.2 Å². The number of aromatic hydroxyl groups is 1. The van der Waals surface area contributed by atoms with Crippen LogP contribution in [0.5, 0.6) is 5.75 Å². The van der Waals surface area contributed by atoms with E-state index >= 15 is 0 Å². The second-order valence-corrected chi connectivity index (χ2v) is 9.78. The van der Waals surface area contributed by atoms with Crippen molar-refractivity contribution in [3.05, 3.63) is 58.1 Å². The molecule has 3 amide bonds. The topological polar surface area (TPSA) is 152 Å². The molecule has 0 saturated carbocycles. The van der Waals surface area contributed by atoms with Crippen LogP contribution < -0.4 is 10.6 Å². The zero-order chi connectivity index (χ0) is 27.9. The van der Waals surface area contributed by atoms with E-state index in [9.17, 15) is 29.9 Å². The van der Waals surface area contributed by atoms with Crippen LogP contribution in [0.25, 0.3) is 0 Å². The number of aliphatic hydroxyl groups excluding tert-OH is 1. The zero-order valence-electron chi connectivity index (χ0n) is 21.3. The van der Waals surface area contributed by atoms with Crippen LogP contribution in [-0.4, -0.2) is 57.8 Å². The number of halogens is 1. The average Bonchev–Trinajstić information content (AvgIpc) is 2.80. The number of phenols is 1. The number of carbonyl (C=O) groups is 3. The minimum Gasteiger partial charge on any atom is -0.508 e. The number of aliphatic hydroxyl groups is 1. The van der Waals surface area contributed by atoms with Crippen molar-refractivity contribution in [3.8, 4) is 11.8 Å². The van der Waals surface area contributed by atoms with E-state index in [2.05, 4.69) is 10.6 Å². The molecule has 37 heavy (non-hydrogen) atoms. The second kappa shape index (κ2) is 12.4. The van der Waals surface area contributed by atoms with E-state index in [1.807, 2.05) is 6.07 Å². The minimum atomic E-state index is -1.50. The van der Waals surface area contributed by atoms with Gasteiger partial charge in [-0.2, -0.15) is 5.26 Å². The largest absolute Gasteiger partial charge is 0.508 e. The first-order chi connectivity index (χ1) is 17.3. The molecule has 0 fully saturated rings. The number of rotatable bonds is 8. The molecule has 0 heterocycles. The Hall–Kier alpha value is -3.81. The van der Waals surface area contributed by atoms with Gasteiger partial charge in [-0.05, 0) is 69.5 Å². The summed E-state index contributed by atoms with van der Waals surface area (Å²) in [6.45, 7) is 6.89. The molecule has 4 N–H and O–H groups in total. The number of hydrogen-bond donors (Lipinski definition) is 4. The van der Waals surface area contributed by atoms with E-state index in [0.717, 1.165) is 4.90 Å². The molecule has 198 valence electrons. The number of para-hydroxylation sites is 1. The van der Waals surface area contributed by atoms with Crippen LogP contribution in [0.2, 0.25) is 5.02 Å². The van der Waals surface area contributed by atoms with Gasteiger partial charge in [-0.3, -0.25) is 9.59 Å². The summed E-state index contributed by atoms with van der Waals surface area (Å²) < 4.78 is 5.17. The van der Waals surface area contributed by atoms with E-state index in [-0.39, 0.29) is 16.3 Å². The molecule has 10 nitrogen and oxygen atoms in total. The molecule has 0 aliphatic carbocycles. The highest BCUT2D eigenvalue weighted by atomic mass is 35.5. The summed E-state index contributed by atoms with van der Waals surface area (Å²) >= 11 is 6.28. The van der Waals surface area contributed by atoms with Gasteiger partial charge < -0.3 is 30.5 Å². The van der Waals surface area contributed by atoms with Gasteiger partial charge >= 0.3 is 6.09 Å². The van der Waals surface area contributed by atoms with E-state index in [0.29, 0.717) is 16.8 Å². The number of phenolic OH excluding ortho intramolecular Hbond substituents is 1. The summed E-state index contributed by atoms with van der Waals surface area (Å²) in [4.78, 5) is 40.4. The van der Waals surface area contributed by atoms with Crippen LogP contribution in [0.15, 0.2) is 36.4 Å². The maximum Gasteiger partial charge on any atom is 0.408 e. The number of nitrogens with zero attached hydrogens (tertiary/aromatic N) is 2. The summed E-state index contributed by atoms with van der Waals surface area (Å²) in [6.07, 6.45) is -0.954. The molecule has 0 radical (unpaired) electrons. The van der Waals surface area contributed by atoms with Crippen molar-refractivity contribution in [2.75, 3.05) is 18.5 Å². The van der Waals surface area contributed by atoms with Gasteiger partial charge in [0.2, 0.25) is 5.91 Å². The van der Waals surface area contributed by atoms with E-state index < -0.39 is 48.7 Å². The fourth-order valence-corrected chi connectivity index (χ4v) is 3.78. The monoisotopic (exact) mass is 530 g/mol. The van der Waals surface area contributed by atoms with Gasteiger partial charge in [0.25, 0.3) is 5.91 Å². The Labute approximate surface area is 220 Å². The lowest BCUT2D eigenvalue weighted by Crippen LogP contribution is -2.54. The van der Waals surface area contributed by atoms with E-state index in [1.54, 1.807) is 52.8 Å². The quantitative estimate of drug-likeness (QED) is 0.380. The fraction of sp³-hybridized carbons (Fsp3) is 0.385. The van der Waals surface area contributed by atoms with Crippen LogP contribution >= 0.6 is 11.6 Å². The molecule has 0 saturated heterocycles. The number of hydrogen-bond acceptors (Lipinski definition) is 7. The Bertz CT molecular complexity index is 1180. The van der Waals surface area contributed by atoms with Crippen LogP contribution in [0, 0.1) is 25.2 Å². The number of ether oxygens (including phenoxy) is 1. The number of anilines is 1. The number of nitriles is 1. The highest BCUT2D eigenvalue weighted by molar-refractivity contribution is 6.34. The molecule has 2 aromatic carbocycles. The van der Waals surface area contributed by atoms with Crippen LogP contribution in [0.4, 0.5) is 10.5 Å². The van der Waals surface area contributed by atoms with Crippen molar-refractivity contribution in [1.29, 1.82) is 5.26 Å².